The van der Waals surface area contributed by atoms with Crippen molar-refractivity contribution in [2.45, 2.75) is 73.3 Å². The van der Waals surface area contributed by atoms with Gasteiger partial charge in [0, 0.05) is 5.92 Å². The van der Waals surface area contributed by atoms with Gasteiger partial charge in [-0.05, 0) is 23.7 Å². The SMILES string of the molecule is CC(C)(C)CCCCC(C(=O)NC1COC1)C(C)(C)C. The molecule has 1 aliphatic heterocycles. The summed E-state index contributed by atoms with van der Waals surface area (Å²) in [5, 5.41) is 3.12. The molecular weight excluding hydrogens is 250 g/mol. The third-order valence-corrected chi connectivity index (χ3v) is 4.02. The van der Waals surface area contributed by atoms with Gasteiger partial charge < -0.3 is 10.1 Å². The maximum Gasteiger partial charge on any atom is 0.224 e. The number of hydrogen-bond donors (Lipinski definition) is 1. The van der Waals surface area contributed by atoms with Crippen molar-refractivity contribution in [3.8, 4) is 0 Å². The highest BCUT2D eigenvalue weighted by molar-refractivity contribution is 5.79. The lowest BCUT2D eigenvalue weighted by atomic mass is 9.76. The van der Waals surface area contributed by atoms with Gasteiger partial charge in [0.1, 0.15) is 0 Å². The molecule has 1 rings (SSSR count). The largest absolute Gasteiger partial charge is 0.377 e. The van der Waals surface area contributed by atoms with Crippen LogP contribution in [-0.2, 0) is 9.53 Å². The molecule has 3 heteroatoms. The number of hydrogen-bond acceptors (Lipinski definition) is 2. The Balaban J connectivity index is 2.41. The summed E-state index contributed by atoms with van der Waals surface area (Å²) in [6.45, 7) is 14.7. The molecule has 0 spiro atoms. The minimum absolute atomic E-state index is 0.0242. The number of rotatable bonds is 6. The van der Waals surface area contributed by atoms with Crippen LogP contribution in [0.5, 0.6) is 0 Å². The van der Waals surface area contributed by atoms with Crippen molar-refractivity contribution in [3.63, 3.8) is 0 Å². The van der Waals surface area contributed by atoms with Gasteiger partial charge in [-0.15, -0.1) is 0 Å². The van der Waals surface area contributed by atoms with Gasteiger partial charge in [-0.2, -0.15) is 0 Å². The van der Waals surface area contributed by atoms with Crippen LogP contribution in [0.2, 0.25) is 0 Å². The van der Waals surface area contributed by atoms with E-state index in [1.807, 2.05) is 0 Å². The normalized spacial score (nSPS) is 18.5. The zero-order valence-electron chi connectivity index (χ0n) is 14.2. The zero-order valence-corrected chi connectivity index (χ0v) is 14.2. The number of unbranched alkanes of at least 4 members (excludes halogenated alkanes) is 1. The minimum Gasteiger partial charge on any atom is -0.377 e. The first-order valence-corrected chi connectivity index (χ1v) is 7.98. The van der Waals surface area contributed by atoms with E-state index in [4.69, 9.17) is 4.74 Å². The van der Waals surface area contributed by atoms with E-state index in [0.717, 1.165) is 12.8 Å². The van der Waals surface area contributed by atoms with E-state index in [0.29, 0.717) is 18.6 Å². The van der Waals surface area contributed by atoms with Gasteiger partial charge >= 0.3 is 0 Å². The monoisotopic (exact) mass is 283 g/mol. The van der Waals surface area contributed by atoms with Crippen molar-refractivity contribution in [2.75, 3.05) is 13.2 Å². The van der Waals surface area contributed by atoms with Crippen LogP contribution in [0.15, 0.2) is 0 Å². The molecule has 0 aromatic carbocycles. The Bertz CT molecular complexity index is 308. The molecule has 118 valence electrons. The van der Waals surface area contributed by atoms with Crippen LogP contribution in [0.1, 0.15) is 67.2 Å². The van der Waals surface area contributed by atoms with Gasteiger partial charge in [0.15, 0.2) is 0 Å². The number of amides is 1. The number of ether oxygens (including phenoxy) is 1. The van der Waals surface area contributed by atoms with Crippen molar-refractivity contribution in [1.82, 2.24) is 5.32 Å². The number of carbonyl (C=O) groups excluding carboxylic acids is 1. The zero-order chi connectivity index (χ0) is 15.4. The topological polar surface area (TPSA) is 38.3 Å². The van der Waals surface area contributed by atoms with Crippen molar-refractivity contribution in [1.29, 1.82) is 0 Å². The predicted octanol–water partition coefficient (Wildman–Crippen LogP) is 3.77. The first kappa shape index (κ1) is 17.5. The van der Waals surface area contributed by atoms with Gasteiger partial charge in [-0.3, -0.25) is 4.79 Å². The lowest BCUT2D eigenvalue weighted by molar-refractivity contribution is -0.132. The van der Waals surface area contributed by atoms with Crippen molar-refractivity contribution in [2.24, 2.45) is 16.7 Å². The highest BCUT2D eigenvalue weighted by Gasteiger charge is 2.33. The number of carbonyl (C=O) groups is 1. The summed E-state index contributed by atoms with van der Waals surface area (Å²) in [6.07, 6.45) is 4.55. The van der Waals surface area contributed by atoms with Crippen LogP contribution in [-0.4, -0.2) is 25.2 Å². The van der Waals surface area contributed by atoms with Crippen molar-refractivity contribution in [3.05, 3.63) is 0 Å². The van der Waals surface area contributed by atoms with Gasteiger partial charge in [-0.25, -0.2) is 0 Å². The van der Waals surface area contributed by atoms with Crippen LogP contribution < -0.4 is 5.32 Å². The molecule has 0 aromatic heterocycles. The Morgan fingerprint density at radius 3 is 2.15 bits per heavy atom. The minimum atomic E-state index is 0.0242. The number of nitrogens with one attached hydrogen (secondary N) is 1. The summed E-state index contributed by atoms with van der Waals surface area (Å²) in [4.78, 5) is 12.4. The van der Waals surface area contributed by atoms with Gasteiger partial charge in [0.25, 0.3) is 0 Å². The molecule has 1 N–H and O–H groups in total. The third-order valence-electron chi connectivity index (χ3n) is 4.02. The standard InChI is InChI=1S/C17H33NO2/c1-16(2,3)10-8-7-9-14(17(4,5)6)15(19)18-13-11-20-12-13/h13-14H,7-12H2,1-6H3,(H,18,19). The first-order chi connectivity index (χ1) is 9.09. The molecule has 1 unspecified atom stereocenters. The molecule has 1 atom stereocenters. The van der Waals surface area contributed by atoms with E-state index in [1.54, 1.807) is 0 Å². The molecule has 3 nitrogen and oxygen atoms in total. The highest BCUT2D eigenvalue weighted by Crippen LogP contribution is 2.32. The highest BCUT2D eigenvalue weighted by atomic mass is 16.5. The third kappa shape index (κ3) is 6.25. The maximum absolute atomic E-state index is 12.4. The molecule has 1 fully saturated rings. The molecule has 1 amide bonds. The second-order valence-electron chi connectivity index (χ2n) is 8.47. The van der Waals surface area contributed by atoms with E-state index in [-0.39, 0.29) is 23.3 Å². The van der Waals surface area contributed by atoms with Crippen molar-refractivity contribution >= 4 is 5.91 Å². The quantitative estimate of drug-likeness (QED) is 0.754. The summed E-state index contributed by atoms with van der Waals surface area (Å²) in [5.74, 6) is 0.310. The molecule has 1 saturated heterocycles. The molecule has 0 bridgehead atoms. The lowest BCUT2D eigenvalue weighted by Crippen LogP contribution is -2.51. The summed E-state index contributed by atoms with van der Waals surface area (Å²) in [7, 11) is 0. The predicted molar refractivity (Wildman–Crippen MR) is 83.6 cm³/mol. The Kier molecular flexibility index (Phi) is 6.06. The van der Waals surface area contributed by atoms with Crippen LogP contribution in [0.4, 0.5) is 0 Å². The van der Waals surface area contributed by atoms with Crippen molar-refractivity contribution < 1.29 is 9.53 Å². The second-order valence-corrected chi connectivity index (χ2v) is 8.47. The Morgan fingerprint density at radius 2 is 1.75 bits per heavy atom. The smallest absolute Gasteiger partial charge is 0.224 e. The van der Waals surface area contributed by atoms with Crippen LogP contribution in [0, 0.1) is 16.7 Å². The first-order valence-electron chi connectivity index (χ1n) is 7.98. The van der Waals surface area contributed by atoms with E-state index in [9.17, 15) is 4.79 Å². The molecular formula is C17H33NO2. The lowest BCUT2D eigenvalue weighted by Gasteiger charge is -2.34. The van der Waals surface area contributed by atoms with Gasteiger partial charge in [0.05, 0.1) is 19.3 Å². The molecule has 0 aromatic rings. The Labute approximate surface area is 124 Å². The summed E-state index contributed by atoms with van der Waals surface area (Å²) in [6, 6.07) is 0.238. The summed E-state index contributed by atoms with van der Waals surface area (Å²) < 4.78 is 5.12. The fourth-order valence-corrected chi connectivity index (χ4v) is 2.58. The Hall–Kier alpha value is -0.570. The van der Waals surface area contributed by atoms with E-state index in [1.165, 1.54) is 12.8 Å². The van der Waals surface area contributed by atoms with Crippen LogP contribution in [0.25, 0.3) is 0 Å². The van der Waals surface area contributed by atoms with Crippen LogP contribution in [0.3, 0.4) is 0 Å². The van der Waals surface area contributed by atoms with E-state index in [2.05, 4.69) is 46.9 Å². The second kappa shape index (κ2) is 6.93. The molecule has 20 heavy (non-hydrogen) atoms. The average molecular weight is 283 g/mol. The molecule has 0 saturated carbocycles. The fraction of sp³-hybridized carbons (Fsp3) is 0.941. The van der Waals surface area contributed by atoms with E-state index < -0.39 is 0 Å². The molecule has 1 aliphatic rings. The summed E-state index contributed by atoms with van der Waals surface area (Å²) >= 11 is 0. The fourth-order valence-electron chi connectivity index (χ4n) is 2.58. The maximum atomic E-state index is 12.4. The molecule has 1 heterocycles. The Morgan fingerprint density at radius 1 is 1.15 bits per heavy atom. The molecule has 0 radical (unpaired) electrons. The molecule has 0 aliphatic carbocycles. The van der Waals surface area contributed by atoms with E-state index >= 15 is 0 Å². The summed E-state index contributed by atoms with van der Waals surface area (Å²) in [5.41, 5.74) is 0.416. The van der Waals surface area contributed by atoms with Gasteiger partial charge in [0.2, 0.25) is 5.91 Å². The average Bonchev–Trinajstić information content (AvgIpc) is 2.19. The van der Waals surface area contributed by atoms with Gasteiger partial charge in [-0.1, -0.05) is 54.4 Å². The van der Waals surface area contributed by atoms with Crippen LogP contribution >= 0.6 is 0 Å².